The summed E-state index contributed by atoms with van der Waals surface area (Å²) in [4.78, 5) is 28.8. The smallest absolute Gasteiger partial charge is 0.180 e. The molecular weight excluding hydrogens is 604 g/mol. The Morgan fingerprint density at radius 3 is 0.979 bits per heavy atom. The predicted molar refractivity (Wildman–Crippen MR) is 194 cm³/mol. The zero-order valence-corrected chi connectivity index (χ0v) is 23.9. The number of nitrogens with zero attached hydrogens (tertiary/aromatic N) is 8. The summed E-state index contributed by atoms with van der Waals surface area (Å²) >= 11 is 0. The molecule has 48 heavy (non-hydrogen) atoms. The molecule has 8 heterocycles. The fourth-order valence-corrected chi connectivity index (χ4v) is 2.03. The van der Waals surface area contributed by atoms with Crippen LogP contribution in [0.25, 0.3) is 0 Å². The Balaban J connectivity index is -0.000000228. The zero-order valence-electron chi connectivity index (χ0n) is 23.9. The number of aromatic nitrogens is 10. The van der Waals surface area contributed by atoms with Crippen molar-refractivity contribution in [2.75, 3.05) is 0 Å². The van der Waals surface area contributed by atoms with E-state index in [4.69, 9.17) is 0 Å². The van der Waals surface area contributed by atoms with E-state index in [1.165, 1.54) is 19.0 Å². The number of rotatable bonds is 0. The summed E-state index contributed by atoms with van der Waals surface area (Å²) in [5, 5.41) is 6.21. The monoisotopic (exact) mass is 654 g/mol. The van der Waals surface area contributed by atoms with Crippen LogP contribution in [-0.2, 0) is 0 Å². The Labute approximate surface area is 285 Å². The summed E-state index contributed by atoms with van der Waals surface area (Å²) < 4.78 is 9.06. The minimum Gasteiger partial charge on any atom is -0.473 e. The van der Waals surface area contributed by atoms with E-state index >= 15 is 0 Å². The van der Waals surface area contributed by atoms with Gasteiger partial charge in [-0.3, -0.25) is 25.0 Å². The second kappa shape index (κ2) is 44.9. The Kier molecular flexibility index (Phi) is 45.2. The maximum atomic E-state index is 4.58. The van der Waals surface area contributed by atoms with Crippen LogP contribution in [0.5, 0.6) is 0 Å². The number of hydrogen-bond acceptors (Lipinski definition) is 10. The Morgan fingerprint density at radius 1 is 0.333 bits per heavy atom. The van der Waals surface area contributed by atoms with E-state index in [1.54, 1.807) is 99.2 Å². The molecule has 0 saturated carbocycles. The van der Waals surface area contributed by atoms with E-state index < -0.39 is 0 Å². The first-order valence-electron chi connectivity index (χ1n) is 12.9. The molecule has 0 amide bonds. The summed E-state index contributed by atoms with van der Waals surface area (Å²) in [5.41, 5.74) is 0. The van der Waals surface area contributed by atoms with Crippen molar-refractivity contribution in [2.45, 2.75) is 29.7 Å². The largest absolute Gasteiger partial charge is 0.473 e. The van der Waals surface area contributed by atoms with Crippen LogP contribution < -0.4 is 0 Å². The Bertz CT molecular complexity index is 1020. The molecule has 8 aromatic rings. The fraction of sp³-hybridized carbons (Fsp3) is 0.111. The maximum Gasteiger partial charge on any atom is 0.180 e. The lowest BCUT2D eigenvalue weighted by Crippen LogP contribution is -1.66. The lowest BCUT2D eigenvalue weighted by atomic mass is 10.5. The minimum atomic E-state index is 0. The number of pyridine rings is 2. The highest BCUT2D eigenvalue weighted by molar-refractivity contribution is 4.89. The SMILES string of the molecule is C.C.C.C.c1cc[nH]c1.c1ccncc1.c1ccncc1.c1ccoc1.c1cn[nH]c1.c1cnccn1.c1cncnc1.c1cocn1. The number of H-pyrrole nitrogens is 2. The highest BCUT2D eigenvalue weighted by Crippen LogP contribution is 1.80. The molecule has 0 unspecified atom stereocenters. The van der Waals surface area contributed by atoms with Gasteiger partial charge in [0, 0.05) is 86.8 Å². The number of aromatic amines is 2. The molecule has 0 aliphatic carbocycles. The van der Waals surface area contributed by atoms with Crippen LogP contribution in [0.4, 0.5) is 0 Å². The summed E-state index contributed by atoms with van der Waals surface area (Å²) in [5.74, 6) is 0. The summed E-state index contributed by atoms with van der Waals surface area (Å²) in [7, 11) is 0. The molecule has 0 atom stereocenters. The van der Waals surface area contributed by atoms with E-state index in [0.29, 0.717) is 0 Å². The molecule has 0 bridgehead atoms. The van der Waals surface area contributed by atoms with Crippen molar-refractivity contribution < 1.29 is 8.83 Å². The number of hydrogen-bond donors (Lipinski definition) is 2. The molecule has 0 saturated heterocycles. The van der Waals surface area contributed by atoms with Crippen molar-refractivity contribution in [2.24, 2.45) is 0 Å². The molecule has 2 N–H and O–H groups in total. The molecule has 0 aromatic carbocycles. The lowest BCUT2D eigenvalue weighted by molar-refractivity contribution is 0.558. The third-order valence-electron chi connectivity index (χ3n) is 3.76. The third-order valence-corrected chi connectivity index (χ3v) is 3.76. The zero-order chi connectivity index (χ0) is 31.1. The molecular formula is C36H50N10O2. The number of furan rings is 1. The number of oxazole rings is 1. The lowest BCUT2D eigenvalue weighted by Gasteiger charge is -1.70. The second-order valence-electron chi connectivity index (χ2n) is 6.97. The van der Waals surface area contributed by atoms with Crippen molar-refractivity contribution in [3.63, 3.8) is 0 Å². The van der Waals surface area contributed by atoms with Crippen LogP contribution >= 0.6 is 0 Å². The quantitative estimate of drug-likeness (QED) is 0.161. The third kappa shape index (κ3) is 41.6. The van der Waals surface area contributed by atoms with Crippen molar-refractivity contribution in [1.29, 1.82) is 0 Å². The summed E-state index contributed by atoms with van der Waals surface area (Å²) in [6.45, 7) is 0. The van der Waals surface area contributed by atoms with Gasteiger partial charge in [-0.2, -0.15) is 5.10 Å². The van der Waals surface area contributed by atoms with Gasteiger partial charge in [0.25, 0.3) is 0 Å². The molecule has 0 fully saturated rings. The van der Waals surface area contributed by atoms with Gasteiger partial charge in [0.1, 0.15) is 12.6 Å². The highest BCUT2D eigenvalue weighted by Gasteiger charge is 1.62. The van der Waals surface area contributed by atoms with Gasteiger partial charge in [0.15, 0.2) is 6.39 Å². The van der Waals surface area contributed by atoms with Gasteiger partial charge in [0.05, 0.1) is 18.7 Å². The van der Waals surface area contributed by atoms with Gasteiger partial charge >= 0.3 is 0 Å². The van der Waals surface area contributed by atoms with E-state index in [-0.39, 0.29) is 29.7 Å². The normalized spacial score (nSPS) is 7.33. The molecule has 0 spiro atoms. The van der Waals surface area contributed by atoms with Gasteiger partial charge in [-0.1, -0.05) is 41.8 Å². The first-order chi connectivity index (χ1) is 22.0. The summed E-state index contributed by atoms with van der Waals surface area (Å²) in [6.07, 6.45) is 33.4. The van der Waals surface area contributed by atoms with E-state index in [2.05, 4.69) is 58.9 Å². The molecule has 12 nitrogen and oxygen atoms in total. The van der Waals surface area contributed by atoms with Crippen LogP contribution in [0, 0.1) is 0 Å². The predicted octanol–water partition coefficient (Wildman–Crippen LogP) is 9.04. The first-order valence-corrected chi connectivity index (χ1v) is 12.9. The summed E-state index contributed by atoms with van der Waals surface area (Å²) in [6, 6.07) is 22.6. The highest BCUT2D eigenvalue weighted by atomic mass is 16.3. The molecule has 0 radical (unpaired) electrons. The molecule has 8 rings (SSSR count). The van der Waals surface area contributed by atoms with Crippen LogP contribution in [0.15, 0.2) is 206 Å². The average molecular weight is 655 g/mol. The van der Waals surface area contributed by atoms with Gasteiger partial charge in [0.2, 0.25) is 0 Å². The van der Waals surface area contributed by atoms with E-state index in [0.717, 1.165) is 0 Å². The molecule has 256 valence electrons. The molecule has 12 heteroatoms. The van der Waals surface area contributed by atoms with Crippen LogP contribution in [0.3, 0.4) is 0 Å². The van der Waals surface area contributed by atoms with Gasteiger partial charge < -0.3 is 13.8 Å². The van der Waals surface area contributed by atoms with Crippen molar-refractivity contribution in [3.05, 3.63) is 197 Å². The topological polar surface area (TPSA) is 161 Å². The first kappa shape index (κ1) is 48.3. The van der Waals surface area contributed by atoms with Crippen LogP contribution in [-0.4, -0.2) is 50.1 Å². The van der Waals surface area contributed by atoms with E-state index in [1.807, 2.05) is 79.1 Å². The Morgan fingerprint density at radius 2 is 0.833 bits per heavy atom. The second-order valence-corrected chi connectivity index (χ2v) is 6.97. The number of nitrogens with one attached hydrogen (secondary N) is 2. The maximum absolute atomic E-state index is 4.58. The van der Waals surface area contributed by atoms with Crippen molar-refractivity contribution in [1.82, 2.24) is 50.1 Å². The van der Waals surface area contributed by atoms with Gasteiger partial charge in [-0.15, -0.1) is 0 Å². The van der Waals surface area contributed by atoms with Crippen LogP contribution in [0.2, 0.25) is 0 Å². The molecule has 0 aliphatic rings. The van der Waals surface area contributed by atoms with Gasteiger partial charge in [-0.25, -0.2) is 15.0 Å². The Hall–Kier alpha value is -6.56. The van der Waals surface area contributed by atoms with E-state index in [9.17, 15) is 0 Å². The standard InChI is InChI=1S/2C5H5N.2C4H4N2.C4H5N.C4H4O.C3H4N2.C3H3NO.4CH4/c2*1-2-4-6-5-3-1;1-2-6-4-3-5-1;1-2-5-4-6-3-1;3*1-2-4-5-3-1;1-2-5-3-4-1;;;;/h2*1-5H;2*1-4H;1-5H;1-4H;1-3H,(H,4,5);1-3H;4*1H4. The molecule has 8 aromatic heterocycles. The van der Waals surface area contributed by atoms with Gasteiger partial charge in [-0.05, 0) is 60.7 Å². The van der Waals surface area contributed by atoms with Crippen LogP contribution in [0.1, 0.15) is 29.7 Å². The van der Waals surface area contributed by atoms with Crippen molar-refractivity contribution >= 4 is 0 Å². The average Bonchev–Trinajstić information content (AvgIpc) is 4.00. The molecule has 0 aliphatic heterocycles. The fourth-order valence-electron chi connectivity index (χ4n) is 2.03. The minimum absolute atomic E-state index is 0. The van der Waals surface area contributed by atoms with Crippen molar-refractivity contribution in [3.8, 4) is 0 Å².